The molecule has 2 N–H and O–H groups in total. The molecule has 0 bridgehead atoms. The molecular weight excluding hydrogens is 318 g/mol. The van der Waals surface area contributed by atoms with Gasteiger partial charge in [0, 0.05) is 30.5 Å². The molecule has 0 saturated carbocycles. The number of hydrogen-bond donors (Lipinski definition) is 2. The van der Waals surface area contributed by atoms with Gasteiger partial charge in [-0.25, -0.2) is 9.48 Å². The van der Waals surface area contributed by atoms with Crippen LogP contribution in [0.4, 0.5) is 5.82 Å². The van der Waals surface area contributed by atoms with Crippen LogP contribution in [-0.4, -0.2) is 19.3 Å². The van der Waals surface area contributed by atoms with Crippen LogP contribution in [0.25, 0.3) is 5.69 Å². The fourth-order valence-corrected chi connectivity index (χ4v) is 2.73. The summed E-state index contributed by atoms with van der Waals surface area (Å²) in [6.45, 7) is 5.57. The van der Waals surface area contributed by atoms with Crippen molar-refractivity contribution >= 4 is 5.82 Å². The molecule has 0 aliphatic carbocycles. The van der Waals surface area contributed by atoms with Crippen molar-refractivity contribution in [2.24, 2.45) is 0 Å². The topological polar surface area (TPSA) is 84.7 Å². The average Bonchev–Trinajstić information content (AvgIpc) is 3.08. The quantitative estimate of drug-likeness (QED) is 0.748. The van der Waals surface area contributed by atoms with Crippen LogP contribution in [0.1, 0.15) is 38.4 Å². The SMILES string of the molecule is CC(C)n1c(=O)cc(N[C@@H](C)c2ccc(-n3cccn3)cc2)[nH]c1=O. The first-order chi connectivity index (χ1) is 12.0. The maximum Gasteiger partial charge on any atom is 0.330 e. The maximum absolute atomic E-state index is 12.1. The standard InChI is InChI=1S/C18H21N5O2/c1-12(2)23-17(24)11-16(21-18(23)25)20-13(3)14-5-7-15(8-6-14)22-10-4-9-19-22/h4-13,20H,1-3H3,(H,21,25)/t13-/m0/s1. The molecule has 7 nitrogen and oxygen atoms in total. The fourth-order valence-electron chi connectivity index (χ4n) is 2.73. The Hall–Kier alpha value is -3.09. The van der Waals surface area contributed by atoms with Crippen LogP contribution in [0.2, 0.25) is 0 Å². The maximum atomic E-state index is 12.1. The van der Waals surface area contributed by atoms with Gasteiger partial charge in [-0.3, -0.25) is 14.3 Å². The zero-order valence-electron chi connectivity index (χ0n) is 14.4. The Morgan fingerprint density at radius 3 is 2.40 bits per heavy atom. The molecule has 7 heteroatoms. The summed E-state index contributed by atoms with van der Waals surface area (Å²) < 4.78 is 2.97. The third kappa shape index (κ3) is 3.55. The first kappa shape index (κ1) is 16.8. The molecule has 1 aromatic carbocycles. The number of rotatable bonds is 5. The van der Waals surface area contributed by atoms with Gasteiger partial charge in [-0.2, -0.15) is 5.10 Å². The van der Waals surface area contributed by atoms with Crippen LogP contribution in [0, 0.1) is 0 Å². The minimum absolute atomic E-state index is 0.0726. The number of aromatic amines is 1. The van der Waals surface area contributed by atoms with Crippen LogP contribution in [0.3, 0.4) is 0 Å². The van der Waals surface area contributed by atoms with E-state index in [0.29, 0.717) is 5.82 Å². The largest absolute Gasteiger partial charge is 0.365 e. The number of aromatic nitrogens is 4. The van der Waals surface area contributed by atoms with E-state index in [4.69, 9.17) is 0 Å². The van der Waals surface area contributed by atoms with Gasteiger partial charge in [0.15, 0.2) is 0 Å². The molecule has 25 heavy (non-hydrogen) atoms. The predicted molar refractivity (Wildman–Crippen MR) is 97.3 cm³/mol. The Kier molecular flexibility index (Phi) is 4.56. The third-order valence-corrected chi connectivity index (χ3v) is 4.02. The van der Waals surface area contributed by atoms with E-state index < -0.39 is 5.69 Å². The van der Waals surface area contributed by atoms with E-state index in [1.807, 2.05) is 43.5 Å². The molecule has 3 rings (SSSR count). The molecule has 0 aliphatic heterocycles. The highest BCUT2D eigenvalue weighted by Crippen LogP contribution is 2.18. The van der Waals surface area contributed by atoms with E-state index >= 15 is 0 Å². The Balaban J connectivity index is 1.79. The molecule has 0 fully saturated rings. The van der Waals surface area contributed by atoms with Crippen molar-refractivity contribution < 1.29 is 0 Å². The second-order valence-corrected chi connectivity index (χ2v) is 6.20. The van der Waals surface area contributed by atoms with Crippen molar-refractivity contribution in [3.8, 4) is 5.69 Å². The average molecular weight is 339 g/mol. The lowest BCUT2D eigenvalue weighted by atomic mass is 10.1. The Labute approximate surface area is 144 Å². The highest BCUT2D eigenvalue weighted by molar-refractivity contribution is 5.40. The van der Waals surface area contributed by atoms with Gasteiger partial charge >= 0.3 is 5.69 Å². The molecule has 0 spiro atoms. The van der Waals surface area contributed by atoms with Gasteiger partial charge in [-0.1, -0.05) is 12.1 Å². The molecule has 130 valence electrons. The smallest absolute Gasteiger partial charge is 0.330 e. The van der Waals surface area contributed by atoms with Crippen molar-refractivity contribution in [2.75, 3.05) is 5.32 Å². The molecule has 2 aromatic heterocycles. The number of hydrogen-bond acceptors (Lipinski definition) is 4. The van der Waals surface area contributed by atoms with Gasteiger partial charge in [0.1, 0.15) is 5.82 Å². The first-order valence-corrected chi connectivity index (χ1v) is 8.18. The van der Waals surface area contributed by atoms with Crippen molar-refractivity contribution in [3.63, 3.8) is 0 Å². The van der Waals surface area contributed by atoms with E-state index in [1.165, 1.54) is 10.6 Å². The molecule has 1 atom stereocenters. The van der Waals surface area contributed by atoms with Gasteiger partial charge in [0.25, 0.3) is 5.56 Å². The summed E-state index contributed by atoms with van der Waals surface area (Å²) in [5, 5.41) is 7.36. The monoisotopic (exact) mass is 339 g/mol. The molecule has 0 unspecified atom stereocenters. The van der Waals surface area contributed by atoms with Crippen LogP contribution in [0.15, 0.2) is 58.4 Å². The molecule has 0 aliphatic rings. The minimum atomic E-state index is -0.411. The lowest BCUT2D eigenvalue weighted by molar-refractivity contribution is 0.546. The van der Waals surface area contributed by atoms with E-state index in [1.54, 1.807) is 24.7 Å². The van der Waals surface area contributed by atoms with Gasteiger partial charge in [-0.05, 0) is 44.5 Å². The lowest BCUT2D eigenvalue weighted by Crippen LogP contribution is -2.36. The van der Waals surface area contributed by atoms with Crippen LogP contribution < -0.4 is 16.6 Å². The minimum Gasteiger partial charge on any atom is -0.365 e. The van der Waals surface area contributed by atoms with Crippen LogP contribution >= 0.6 is 0 Å². The van der Waals surface area contributed by atoms with Crippen molar-refractivity contribution in [1.82, 2.24) is 19.3 Å². The Morgan fingerprint density at radius 2 is 1.84 bits per heavy atom. The molecule has 0 radical (unpaired) electrons. The molecule has 3 aromatic rings. The van der Waals surface area contributed by atoms with Gasteiger partial charge < -0.3 is 5.32 Å². The molecule has 0 amide bonds. The second-order valence-electron chi connectivity index (χ2n) is 6.20. The number of nitrogens with one attached hydrogen (secondary N) is 2. The number of nitrogens with zero attached hydrogens (tertiary/aromatic N) is 3. The van der Waals surface area contributed by atoms with E-state index in [0.717, 1.165) is 11.3 Å². The third-order valence-electron chi connectivity index (χ3n) is 4.02. The van der Waals surface area contributed by atoms with Crippen molar-refractivity contribution in [1.29, 1.82) is 0 Å². The number of anilines is 1. The summed E-state index contributed by atoms with van der Waals surface area (Å²) in [5.41, 5.74) is 1.27. The summed E-state index contributed by atoms with van der Waals surface area (Å²) in [7, 11) is 0. The first-order valence-electron chi connectivity index (χ1n) is 8.18. The van der Waals surface area contributed by atoms with Crippen LogP contribution in [0.5, 0.6) is 0 Å². The van der Waals surface area contributed by atoms with E-state index in [-0.39, 0.29) is 17.6 Å². The number of H-pyrrole nitrogens is 1. The zero-order valence-corrected chi connectivity index (χ0v) is 14.4. The fraction of sp³-hybridized carbons (Fsp3) is 0.278. The normalized spacial score (nSPS) is 12.3. The van der Waals surface area contributed by atoms with E-state index in [9.17, 15) is 9.59 Å². The molecular formula is C18H21N5O2. The number of benzene rings is 1. The molecule has 2 heterocycles. The van der Waals surface area contributed by atoms with Gasteiger partial charge in [-0.15, -0.1) is 0 Å². The Morgan fingerprint density at radius 1 is 1.12 bits per heavy atom. The van der Waals surface area contributed by atoms with Crippen molar-refractivity contribution in [2.45, 2.75) is 32.9 Å². The van der Waals surface area contributed by atoms with Crippen LogP contribution in [-0.2, 0) is 0 Å². The predicted octanol–water partition coefficient (Wildman–Crippen LogP) is 2.48. The van der Waals surface area contributed by atoms with Gasteiger partial charge in [0.05, 0.1) is 5.69 Å². The highest BCUT2D eigenvalue weighted by Gasteiger charge is 2.10. The van der Waals surface area contributed by atoms with Gasteiger partial charge in [0.2, 0.25) is 0 Å². The van der Waals surface area contributed by atoms with E-state index in [2.05, 4.69) is 15.4 Å². The lowest BCUT2D eigenvalue weighted by Gasteiger charge is -2.17. The molecule has 0 saturated heterocycles. The summed E-state index contributed by atoms with van der Waals surface area (Å²) in [6, 6.07) is 10.9. The summed E-state index contributed by atoms with van der Waals surface area (Å²) in [5.74, 6) is 0.413. The summed E-state index contributed by atoms with van der Waals surface area (Å²) in [4.78, 5) is 26.9. The second kappa shape index (κ2) is 6.80. The highest BCUT2D eigenvalue weighted by atomic mass is 16.2. The Bertz CT molecular complexity index is 921. The van der Waals surface area contributed by atoms with Crippen molar-refractivity contribution in [3.05, 3.63) is 75.2 Å². The summed E-state index contributed by atoms with van der Waals surface area (Å²) in [6.07, 6.45) is 3.61. The summed E-state index contributed by atoms with van der Waals surface area (Å²) >= 11 is 0. The zero-order chi connectivity index (χ0) is 18.0.